The molecule has 3 aromatic rings. The van der Waals surface area contributed by atoms with Crippen LogP contribution in [0.25, 0.3) is 0 Å². The maximum absolute atomic E-state index is 13.0. The van der Waals surface area contributed by atoms with Crippen LogP contribution in [0.4, 0.5) is 10.1 Å². The third-order valence-corrected chi connectivity index (χ3v) is 5.00. The van der Waals surface area contributed by atoms with Crippen LogP contribution in [-0.4, -0.2) is 26.0 Å². The Morgan fingerprint density at radius 3 is 2.31 bits per heavy atom. The number of carbonyl (C=O) groups excluding carboxylic acids is 2. The van der Waals surface area contributed by atoms with Gasteiger partial charge >= 0.3 is 0 Å². The molecule has 0 saturated carbocycles. The van der Waals surface area contributed by atoms with Crippen molar-refractivity contribution in [2.75, 3.05) is 19.5 Å². The standard InChI is InChI=1S/C21H19FN2O4S/c1-27-17-10-15(20(25)23-12-13-5-7-14(22)8-6-13)16(11-18(17)28-2)24-21(26)19-4-3-9-29-19/h3-11H,12H2,1-2H3,(H,23,25)(H,24,26). The van der Waals surface area contributed by atoms with E-state index in [1.165, 1.54) is 49.8 Å². The van der Waals surface area contributed by atoms with Crippen LogP contribution in [0.3, 0.4) is 0 Å². The first-order valence-electron chi connectivity index (χ1n) is 8.65. The molecule has 2 N–H and O–H groups in total. The van der Waals surface area contributed by atoms with Crippen molar-refractivity contribution in [1.82, 2.24) is 5.32 Å². The Morgan fingerprint density at radius 2 is 1.69 bits per heavy atom. The molecule has 0 atom stereocenters. The van der Waals surface area contributed by atoms with Crippen LogP contribution in [0.15, 0.2) is 53.9 Å². The number of methoxy groups -OCH3 is 2. The first-order chi connectivity index (χ1) is 14.0. The summed E-state index contributed by atoms with van der Waals surface area (Å²) in [5.41, 5.74) is 1.25. The molecule has 8 heteroatoms. The summed E-state index contributed by atoms with van der Waals surface area (Å²) in [6.45, 7) is 0.200. The van der Waals surface area contributed by atoms with Gasteiger partial charge in [-0.3, -0.25) is 9.59 Å². The number of carbonyl (C=O) groups is 2. The normalized spacial score (nSPS) is 10.3. The van der Waals surface area contributed by atoms with Gasteiger partial charge in [-0.15, -0.1) is 11.3 Å². The maximum atomic E-state index is 13.0. The zero-order valence-corrected chi connectivity index (χ0v) is 16.6. The highest BCUT2D eigenvalue weighted by Crippen LogP contribution is 2.33. The summed E-state index contributed by atoms with van der Waals surface area (Å²) in [7, 11) is 2.93. The van der Waals surface area contributed by atoms with Gasteiger partial charge < -0.3 is 20.1 Å². The third kappa shape index (κ3) is 4.91. The molecule has 0 radical (unpaired) electrons. The van der Waals surface area contributed by atoms with Gasteiger partial charge in [0.25, 0.3) is 11.8 Å². The number of benzene rings is 2. The number of ether oxygens (including phenoxy) is 2. The monoisotopic (exact) mass is 414 g/mol. The van der Waals surface area contributed by atoms with Gasteiger partial charge in [-0.05, 0) is 35.2 Å². The van der Waals surface area contributed by atoms with Crippen LogP contribution >= 0.6 is 11.3 Å². The molecule has 0 saturated heterocycles. The fourth-order valence-corrected chi connectivity index (χ4v) is 3.26. The van der Waals surface area contributed by atoms with E-state index in [-0.39, 0.29) is 29.5 Å². The fraction of sp³-hybridized carbons (Fsp3) is 0.143. The first-order valence-corrected chi connectivity index (χ1v) is 9.53. The Hall–Kier alpha value is -3.39. The summed E-state index contributed by atoms with van der Waals surface area (Å²) in [4.78, 5) is 25.8. The van der Waals surface area contributed by atoms with E-state index in [4.69, 9.17) is 9.47 Å². The van der Waals surface area contributed by atoms with Crippen molar-refractivity contribution in [2.45, 2.75) is 6.54 Å². The molecule has 0 aliphatic carbocycles. The summed E-state index contributed by atoms with van der Waals surface area (Å²) in [6, 6.07) is 12.3. The summed E-state index contributed by atoms with van der Waals surface area (Å²) >= 11 is 1.29. The average molecular weight is 414 g/mol. The molecule has 150 valence electrons. The molecule has 1 heterocycles. The first kappa shape index (κ1) is 20.3. The van der Waals surface area contributed by atoms with Gasteiger partial charge in [0.05, 0.1) is 30.3 Å². The second-order valence-corrected chi connectivity index (χ2v) is 6.94. The maximum Gasteiger partial charge on any atom is 0.265 e. The molecule has 0 unspecified atom stereocenters. The van der Waals surface area contributed by atoms with Crippen molar-refractivity contribution in [3.63, 3.8) is 0 Å². The van der Waals surface area contributed by atoms with E-state index < -0.39 is 5.91 Å². The summed E-state index contributed by atoms with van der Waals surface area (Å²) in [6.07, 6.45) is 0. The van der Waals surface area contributed by atoms with Crippen LogP contribution in [0, 0.1) is 5.82 Å². The van der Waals surface area contributed by atoms with Gasteiger partial charge in [0.2, 0.25) is 0 Å². The van der Waals surface area contributed by atoms with Crippen LogP contribution in [0.1, 0.15) is 25.6 Å². The largest absolute Gasteiger partial charge is 0.493 e. The van der Waals surface area contributed by atoms with Gasteiger partial charge in [0.15, 0.2) is 11.5 Å². The number of anilines is 1. The topological polar surface area (TPSA) is 76.7 Å². The molecule has 0 aliphatic heterocycles. The summed E-state index contributed by atoms with van der Waals surface area (Å²) in [5, 5.41) is 7.31. The molecule has 2 aromatic carbocycles. The van der Waals surface area contributed by atoms with E-state index in [0.717, 1.165) is 5.56 Å². The van der Waals surface area contributed by atoms with Crippen LogP contribution in [0.5, 0.6) is 11.5 Å². The van der Waals surface area contributed by atoms with Crippen molar-refractivity contribution in [3.8, 4) is 11.5 Å². The minimum absolute atomic E-state index is 0.200. The molecule has 2 amide bonds. The number of amides is 2. The number of hydrogen-bond acceptors (Lipinski definition) is 5. The smallest absolute Gasteiger partial charge is 0.265 e. The Labute approximate surface area is 171 Å². The summed E-state index contributed by atoms with van der Waals surface area (Å²) < 4.78 is 23.6. The quantitative estimate of drug-likeness (QED) is 0.611. The SMILES string of the molecule is COc1cc(NC(=O)c2cccs2)c(C(=O)NCc2ccc(F)cc2)cc1OC. The Bertz CT molecular complexity index is 1000. The minimum Gasteiger partial charge on any atom is -0.493 e. The third-order valence-electron chi connectivity index (χ3n) is 4.13. The molecular formula is C21H19FN2O4S. The van der Waals surface area contributed by atoms with E-state index in [0.29, 0.717) is 16.4 Å². The number of thiophene rings is 1. The van der Waals surface area contributed by atoms with Crippen molar-refractivity contribution in [1.29, 1.82) is 0 Å². The molecule has 29 heavy (non-hydrogen) atoms. The highest BCUT2D eigenvalue weighted by atomic mass is 32.1. The van der Waals surface area contributed by atoms with E-state index in [1.54, 1.807) is 29.6 Å². The highest BCUT2D eigenvalue weighted by Gasteiger charge is 2.19. The van der Waals surface area contributed by atoms with Crippen LogP contribution in [-0.2, 0) is 6.54 Å². The number of halogens is 1. The molecule has 6 nitrogen and oxygen atoms in total. The number of nitrogens with one attached hydrogen (secondary N) is 2. The Kier molecular flexibility index (Phi) is 6.46. The van der Waals surface area contributed by atoms with Crippen molar-refractivity contribution in [3.05, 3.63) is 75.7 Å². The molecule has 0 spiro atoms. The Balaban J connectivity index is 1.86. The van der Waals surface area contributed by atoms with Crippen molar-refractivity contribution < 1.29 is 23.5 Å². The number of hydrogen-bond donors (Lipinski definition) is 2. The second-order valence-electron chi connectivity index (χ2n) is 5.99. The lowest BCUT2D eigenvalue weighted by molar-refractivity contribution is 0.0951. The molecule has 0 bridgehead atoms. The lowest BCUT2D eigenvalue weighted by Crippen LogP contribution is -2.25. The van der Waals surface area contributed by atoms with E-state index in [9.17, 15) is 14.0 Å². The zero-order chi connectivity index (χ0) is 20.8. The molecule has 0 fully saturated rings. The van der Waals surface area contributed by atoms with E-state index in [2.05, 4.69) is 10.6 Å². The van der Waals surface area contributed by atoms with Crippen molar-refractivity contribution in [2.24, 2.45) is 0 Å². The average Bonchev–Trinajstić information content (AvgIpc) is 3.28. The van der Waals surface area contributed by atoms with Crippen molar-refractivity contribution >= 4 is 28.8 Å². The lowest BCUT2D eigenvalue weighted by Gasteiger charge is -2.15. The zero-order valence-electron chi connectivity index (χ0n) is 15.8. The Morgan fingerprint density at radius 1 is 1.00 bits per heavy atom. The van der Waals surface area contributed by atoms with Gasteiger partial charge in [-0.25, -0.2) is 4.39 Å². The predicted octanol–water partition coefficient (Wildman–Crippen LogP) is 4.09. The summed E-state index contributed by atoms with van der Waals surface area (Å²) in [5.74, 6) is -0.368. The van der Waals surface area contributed by atoms with Gasteiger partial charge in [-0.1, -0.05) is 18.2 Å². The minimum atomic E-state index is -0.420. The van der Waals surface area contributed by atoms with Crippen LogP contribution < -0.4 is 20.1 Å². The van der Waals surface area contributed by atoms with E-state index >= 15 is 0 Å². The van der Waals surface area contributed by atoms with E-state index in [1.807, 2.05) is 0 Å². The predicted molar refractivity (Wildman–Crippen MR) is 109 cm³/mol. The lowest BCUT2D eigenvalue weighted by atomic mass is 10.1. The molecule has 0 aliphatic rings. The molecular weight excluding hydrogens is 395 g/mol. The highest BCUT2D eigenvalue weighted by molar-refractivity contribution is 7.12. The van der Waals surface area contributed by atoms with Crippen LogP contribution in [0.2, 0.25) is 0 Å². The molecule has 1 aromatic heterocycles. The number of rotatable bonds is 7. The van der Waals surface area contributed by atoms with Gasteiger partial charge in [-0.2, -0.15) is 0 Å². The van der Waals surface area contributed by atoms with Gasteiger partial charge in [0, 0.05) is 12.6 Å². The second kappa shape index (κ2) is 9.20. The molecule has 3 rings (SSSR count). The van der Waals surface area contributed by atoms with Gasteiger partial charge in [0.1, 0.15) is 5.82 Å². The fourth-order valence-electron chi connectivity index (χ4n) is 2.64.